The quantitative estimate of drug-likeness (QED) is 0.0985. The molecule has 0 saturated carbocycles. The van der Waals surface area contributed by atoms with Gasteiger partial charge in [-0.3, -0.25) is 0 Å². The first-order valence-corrected chi connectivity index (χ1v) is 25.1. The molecule has 0 N–H and O–H groups in total. The van der Waals surface area contributed by atoms with Gasteiger partial charge in [0, 0.05) is 56.8 Å². The van der Waals surface area contributed by atoms with Crippen LogP contribution in [0, 0.1) is 20.0 Å². The molecule has 4 aromatic carbocycles. The molecule has 0 saturated heterocycles. The normalized spacial score (nSPS) is 15.2. The van der Waals surface area contributed by atoms with E-state index in [0.29, 0.717) is 35.5 Å². The lowest BCUT2D eigenvalue weighted by Crippen LogP contribution is -2.27. The van der Waals surface area contributed by atoms with Crippen molar-refractivity contribution in [1.82, 2.24) is 14.7 Å². The molecule has 3 aliphatic rings. The minimum Gasteiger partial charge on any atom is -0.342 e. The third-order valence-corrected chi connectivity index (χ3v) is 13.9. The maximum atomic E-state index is 3.84. The maximum absolute atomic E-state index is 3.84. The Bertz CT molecular complexity index is 2050. The van der Waals surface area contributed by atoms with Gasteiger partial charge in [0.2, 0.25) is 20.0 Å². The van der Waals surface area contributed by atoms with Crippen molar-refractivity contribution in [2.45, 2.75) is 178 Å². The van der Waals surface area contributed by atoms with E-state index in [1.54, 1.807) is 0 Å². The summed E-state index contributed by atoms with van der Waals surface area (Å²) >= 11 is 0. The first-order valence-electron chi connectivity index (χ1n) is 25.1. The van der Waals surface area contributed by atoms with E-state index in [2.05, 4.69) is 245 Å². The third kappa shape index (κ3) is 9.81. The van der Waals surface area contributed by atoms with Crippen LogP contribution < -0.4 is 14.7 Å². The minimum absolute atomic E-state index is 0.396. The van der Waals surface area contributed by atoms with Crippen molar-refractivity contribution >= 4 is 17.1 Å². The summed E-state index contributed by atoms with van der Waals surface area (Å²) in [4.78, 5) is 13.7. The molecule has 0 aromatic heterocycles. The SMILES string of the molecule is CCc1c(CN2[C]N(c3c(C(C)C)cccc3C(C)C)C=C2)c(CC)c(CN2[C]N(c3c(C(C)C)cccc3C(C)C)C=C2)c(CC)c1CN1[C]N(c2c(C(C)C)cccc2C(C)C)C=C1. The van der Waals surface area contributed by atoms with E-state index in [1.165, 1.54) is 83.8 Å². The highest BCUT2D eigenvalue weighted by Gasteiger charge is 2.32. The predicted molar refractivity (Wildman–Crippen MR) is 280 cm³/mol. The first-order chi connectivity index (χ1) is 31.6. The molecule has 6 heteroatoms. The number of rotatable bonds is 18. The molecule has 348 valence electrons. The highest BCUT2D eigenvalue weighted by atomic mass is 15.4. The van der Waals surface area contributed by atoms with Crippen LogP contribution in [0.4, 0.5) is 17.1 Å². The molecule has 0 fully saturated rings. The van der Waals surface area contributed by atoms with Gasteiger partial charge in [-0.05, 0) is 122 Å². The summed E-state index contributed by atoms with van der Waals surface area (Å²) in [5.41, 5.74) is 20.5. The Morgan fingerprint density at radius 3 is 0.712 bits per heavy atom. The Morgan fingerprint density at radius 2 is 0.530 bits per heavy atom. The second-order valence-corrected chi connectivity index (χ2v) is 20.4. The van der Waals surface area contributed by atoms with Gasteiger partial charge in [-0.2, -0.15) is 0 Å². The van der Waals surface area contributed by atoms with Crippen LogP contribution in [0.5, 0.6) is 0 Å². The highest BCUT2D eigenvalue weighted by molar-refractivity contribution is 5.68. The average molecular weight is 883 g/mol. The predicted octanol–water partition coefficient (Wildman–Crippen LogP) is 15.5. The lowest BCUT2D eigenvalue weighted by atomic mass is 9.82. The number of anilines is 3. The molecular formula is C60H78N6. The lowest BCUT2D eigenvalue weighted by Gasteiger charge is -2.32. The summed E-state index contributed by atoms with van der Waals surface area (Å²) in [6.07, 6.45) is 16.2. The molecule has 4 aromatic rings. The van der Waals surface area contributed by atoms with E-state index in [-0.39, 0.29) is 0 Å². The van der Waals surface area contributed by atoms with Gasteiger partial charge in [0.05, 0.1) is 17.1 Å². The van der Waals surface area contributed by atoms with Crippen LogP contribution in [-0.2, 0) is 38.9 Å². The molecule has 7 rings (SSSR count). The van der Waals surface area contributed by atoms with E-state index in [0.717, 1.165) is 38.9 Å². The summed E-state index contributed by atoms with van der Waals surface area (Å²) in [6.45, 7) is 48.4. The fourth-order valence-electron chi connectivity index (χ4n) is 10.5. The summed E-state index contributed by atoms with van der Waals surface area (Å²) in [7, 11) is 0. The van der Waals surface area contributed by atoms with E-state index < -0.39 is 0 Å². The van der Waals surface area contributed by atoms with Crippen molar-refractivity contribution in [2.75, 3.05) is 14.7 Å². The molecule has 0 aliphatic carbocycles. The van der Waals surface area contributed by atoms with Crippen LogP contribution >= 0.6 is 0 Å². The minimum atomic E-state index is 0.396. The maximum Gasteiger partial charge on any atom is 0.213 e. The van der Waals surface area contributed by atoms with Gasteiger partial charge in [0.25, 0.3) is 0 Å². The van der Waals surface area contributed by atoms with Crippen LogP contribution in [0.15, 0.2) is 91.8 Å². The number of hydrogen-bond donors (Lipinski definition) is 0. The van der Waals surface area contributed by atoms with Crippen molar-refractivity contribution in [3.63, 3.8) is 0 Å². The van der Waals surface area contributed by atoms with Gasteiger partial charge in [-0.25, -0.2) is 0 Å². The van der Waals surface area contributed by atoms with Crippen LogP contribution in [0.2, 0.25) is 0 Å². The van der Waals surface area contributed by atoms with Gasteiger partial charge < -0.3 is 29.4 Å². The summed E-state index contributed by atoms with van der Waals surface area (Å²) in [6, 6.07) is 20.4. The van der Waals surface area contributed by atoms with Crippen LogP contribution in [0.1, 0.15) is 206 Å². The topological polar surface area (TPSA) is 19.4 Å². The zero-order valence-corrected chi connectivity index (χ0v) is 43.1. The highest BCUT2D eigenvalue weighted by Crippen LogP contribution is 2.43. The van der Waals surface area contributed by atoms with Crippen LogP contribution in [0.25, 0.3) is 0 Å². The summed E-state index contributed by atoms with van der Waals surface area (Å²) in [5.74, 6) is 2.38. The van der Waals surface area contributed by atoms with Gasteiger partial charge in [-0.1, -0.05) is 158 Å². The standard InChI is InChI=1S/C60H78N6/c1-16-46-55(34-61-28-31-64(37-61)58-49(40(4)5)22-19-23-50(58)41(6)7)47(17-2)57(36-63-30-33-66(39-63)60-53(44(12)13)26-21-27-54(60)45(14)15)48(18-3)56(46)35-62-29-32-65(38-62)59-51(42(8)9)24-20-25-52(59)43(10)11/h19-33,40-45H,16-18,34-36H2,1-15H3. The molecular weight excluding hydrogens is 805 g/mol. The molecule has 6 nitrogen and oxygen atoms in total. The van der Waals surface area contributed by atoms with E-state index in [1.807, 2.05) is 0 Å². The first kappa shape index (κ1) is 48.8. The van der Waals surface area contributed by atoms with Crippen molar-refractivity contribution in [3.05, 3.63) is 179 Å². The lowest BCUT2D eigenvalue weighted by molar-refractivity contribution is 0.437. The zero-order chi connectivity index (χ0) is 47.6. The van der Waals surface area contributed by atoms with Crippen molar-refractivity contribution < 1.29 is 0 Å². The second kappa shape index (κ2) is 20.8. The molecule has 3 aliphatic heterocycles. The van der Waals surface area contributed by atoms with Crippen molar-refractivity contribution in [1.29, 1.82) is 0 Å². The average Bonchev–Trinajstić information content (AvgIpc) is 4.08. The Kier molecular flexibility index (Phi) is 15.4. The van der Waals surface area contributed by atoms with Gasteiger partial charge in [0.15, 0.2) is 0 Å². The fourth-order valence-corrected chi connectivity index (χ4v) is 10.5. The Hall–Kier alpha value is -5.10. The molecule has 0 spiro atoms. The van der Waals surface area contributed by atoms with E-state index in [4.69, 9.17) is 0 Å². The Balaban J connectivity index is 1.28. The monoisotopic (exact) mass is 883 g/mol. The number of nitrogens with zero attached hydrogens (tertiary/aromatic N) is 6. The van der Waals surface area contributed by atoms with Gasteiger partial charge in [0.1, 0.15) is 0 Å². The van der Waals surface area contributed by atoms with E-state index >= 15 is 0 Å². The van der Waals surface area contributed by atoms with Gasteiger partial charge in [-0.15, -0.1) is 0 Å². The van der Waals surface area contributed by atoms with Gasteiger partial charge >= 0.3 is 0 Å². The van der Waals surface area contributed by atoms with E-state index in [9.17, 15) is 0 Å². The third-order valence-electron chi connectivity index (χ3n) is 13.9. The van der Waals surface area contributed by atoms with Crippen LogP contribution in [-0.4, -0.2) is 14.7 Å². The fraction of sp³-hybridized carbons (Fsp3) is 0.450. The van der Waals surface area contributed by atoms with Crippen molar-refractivity contribution in [3.8, 4) is 0 Å². The molecule has 6 radical (unpaired) electrons. The Morgan fingerprint density at radius 1 is 0.318 bits per heavy atom. The smallest absolute Gasteiger partial charge is 0.213 e. The summed E-state index contributed by atoms with van der Waals surface area (Å²) in [5, 5.41) is 0. The second-order valence-electron chi connectivity index (χ2n) is 20.4. The number of benzene rings is 4. The molecule has 0 atom stereocenters. The molecule has 0 amide bonds. The van der Waals surface area contributed by atoms with Crippen molar-refractivity contribution in [2.24, 2.45) is 0 Å². The molecule has 0 bridgehead atoms. The Labute approximate surface area is 401 Å². The largest absolute Gasteiger partial charge is 0.342 e. The van der Waals surface area contributed by atoms with Crippen LogP contribution in [0.3, 0.4) is 0 Å². The summed E-state index contributed by atoms with van der Waals surface area (Å²) < 4.78 is 0. The number of para-hydroxylation sites is 3. The molecule has 0 unspecified atom stereocenters. The molecule has 66 heavy (non-hydrogen) atoms. The number of hydrogen-bond acceptors (Lipinski definition) is 6. The molecule has 3 heterocycles. The zero-order valence-electron chi connectivity index (χ0n) is 43.1.